The van der Waals surface area contributed by atoms with Crippen LogP contribution < -0.4 is 0 Å². The molecule has 108 valence electrons. The molecular formula is C14H28O4. The molecule has 0 N–H and O–H groups in total. The zero-order chi connectivity index (χ0) is 14.0. The van der Waals surface area contributed by atoms with E-state index in [1.54, 1.807) is 0 Å². The van der Waals surface area contributed by atoms with Crippen LogP contribution in [0.1, 0.15) is 66.7 Å². The minimum atomic E-state index is -0.757. The van der Waals surface area contributed by atoms with Crippen molar-refractivity contribution < 1.29 is 19.3 Å². The molecule has 0 amide bonds. The second kappa shape index (κ2) is 9.20. The molecule has 0 bridgehead atoms. The van der Waals surface area contributed by atoms with Crippen LogP contribution in [-0.4, -0.2) is 18.4 Å². The first-order valence-corrected chi connectivity index (χ1v) is 6.97. The Morgan fingerprint density at radius 1 is 1.22 bits per heavy atom. The lowest BCUT2D eigenvalue weighted by molar-refractivity contribution is -0.268. The van der Waals surface area contributed by atoms with Crippen LogP contribution in [0.25, 0.3) is 0 Å². The third kappa shape index (κ3) is 8.34. The van der Waals surface area contributed by atoms with Crippen molar-refractivity contribution >= 4 is 6.16 Å². The standard InChI is InChI=1S/C14H28O4/c1-6-9-10-12(7-2)11-16-18-13(15)17-14(4,5)8-3/h12H,6-11H2,1-5H3. The summed E-state index contributed by atoms with van der Waals surface area (Å²) in [7, 11) is 0. The second-order valence-electron chi connectivity index (χ2n) is 5.25. The topological polar surface area (TPSA) is 44.8 Å². The van der Waals surface area contributed by atoms with E-state index in [1.165, 1.54) is 12.8 Å². The molecular weight excluding hydrogens is 232 g/mol. The van der Waals surface area contributed by atoms with E-state index in [2.05, 4.69) is 18.7 Å². The Kier molecular flexibility index (Phi) is 8.81. The molecule has 0 saturated heterocycles. The molecule has 0 aliphatic carbocycles. The molecule has 0 heterocycles. The highest BCUT2D eigenvalue weighted by molar-refractivity contribution is 5.59. The molecule has 0 radical (unpaired) electrons. The van der Waals surface area contributed by atoms with Crippen molar-refractivity contribution in [2.24, 2.45) is 5.92 Å². The van der Waals surface area contributed by atoms with Crippen molar-refractivity contribution in [1.29, 1.82) is 0 Å². The molecule has 0 aliphatic heterocycles. The van der Waals surface area contributed by atoms with Gasteiger partial charge >= 0.3 is 6.16 Å². The fourth-order valence-electron chi connectivity index (χ4n) is 1.39. The molecule has 0 rings (SSSR count). The van der Waals surface area contributed by atoms with Gasteiger partial charge in [0.25, 0.3) is 0 Å². The van der Waals surface area contributed by atoms with E-state index in [0.717, 1.165) is 19.3 Å². The zero-order valence-electron chi connectivity index (χ0n) is 12.5. The number of ether oxygens (including phenoxy) is 1. The van der Waals surface area contributed by atoms with Crippen LogP contribution in [-0.2, 0) is 14.5 Å². The minimum absolute atomic E-state index is 0.442. The fraction of sp³-hybridized carbons (Fsp3) is 0.929. The quantitative estimate of drug-likeness (QED) is 0.348. The fourth-order valence-corrected chi connectivity index (χ4v) is 1.39. The van der Waals surface area contributed by atoms with Gasteiger partial charge in [0.2, 0.25) is 0 Å². The number of hydrogen-bond acceptors (Lipinski definition) is 4. The van der Waals surface area contributed by atoms with Crippen molar-refractivity contribution in [3.63, 3.8) is 0 Å². The smallest absolute Gasteiger partial charge is 0.426 e. The van der Waals surface area contributed by atoms with Gasteiger partial charge in [-0.2, -0.15) is 4.89 Å². The summed E-state index contributed by atoms with van der Waals surface area (Å²) in [6.07, 6.45) is 4.45. The lowest BCUT2D eigenvalue weighted by Gasteiger charge is -2.22. The third-order valence-electron chi connectivity index (χ3n) is 3.19. The normalized spacial score (nSPS) is 13.2. The van der Waals surface area contributed by atoms with Crippen molar-refractivity contribution in [3.05, 3.63) is 0 Å². The lowest BCUT2D eigenvalue weighted by atomic mass is 10.0. The summed E-state index contributed by atoms with van der Waals surface area (Å²) in [4.78, 5) is 20.9. The molecule has 0 aromatic rings. The van der Waals surface area contributed by atoms with Crippen molar-refractivity contribution in [3.8, 4) is 0 Å². The highest BCUT2D eigenvalue weighted by atomic mass is 17.2. The second-order valence-corrected chi connectivity index (χ2v) is 5.25. The largest absolute Gasteiger partial charge is 0.540 e. The van der Waals surface area contributed by atoms with E-state index in [4.69, 9.17) is 9.62 Å². The van der Waals surface area contributed by atoms with Gasteiger partial charge in [-0.05, 0) is 32.6 Å². The average Bonchev–Trinajstić information content (AvgIpc) is 2.33. The molecule has 4 heteroatoms. The maximum atomic E-state index is 11.3. The molecule has 1 atom stereocenters. The van der Waals surface area contributed by atoms with Gasteiger partial charge in [0, 0.05) is 0 Å². The lowest BCUT2D eigenvalue weighted by Crippen LogP contribution is -2.27. The Bertz CT molecular complexity index is 226. The highest BCUT2D eigenvalue weighted by Gasteiger charge is 2.22. The first-order valence-electron chi connectivity index (χ1n) is 6.97. The maximum Gasteiger partial charge on any atom is 0.540 e. The predicted octanol–water partition coefficient (Wildman–Crippen LogP) is 4.48. The van der Waals surface area contributed by atoms with Crippen LogP contribution in [0.5, 0.6) is 0 Å². The monoisotopic (exact) mass is 260 g/mol. The van der Waals surface area contributed by atoms with Gasteiger partial charge in [-0.15, -0.1) is 0 Å². The molecule has 0 fully saturated rings. The van der Waals surface area contributed by atoms with E-state index in [0.29, 0.717) is 12.5 Å². The van der Waals surface area contributed by atoms with Crippen LogP contribution >= 0.6 is 0 Å². The first kappa shape index (κ1) is 17.2. The summed E-state index contributed by atoms with van der Waals surface area (Å²) >= 11 is 0. The summed E-state index contributed by atoms with van der Waals surface area (Å²) in [6.45, 7) is 10.3. The molecule has 0 saturated carbocycles. The summed E-state index contributed by atoms with van der Waals surface area (Å²) < 4.78 is 5.10. The third-order valence-corrected chi connectivity index (χ3v) is 3.19. The van der Waals surface area contributed by atoms with E-state index in [-0.39, 0.29) is 0 Å². The number of rotatable bonds is 9. The Balaban J connectivity index is 3.78. The Labute approximate surface area is 111 Å². The van der Waals surface area contributed by atoms with Crippen molar-refractivity contribution in [1.82, 2.24) is 0 Å². The summed E-state index contributed by atoms with van der Waals surface area (Å²) in [6, 6.07) is 0. The highest BCUT2D eigenvalue weighted by Crippen LogP contribution is 2.16. The van der Waals surface area contributed by atoms with Crippen molar-refractivity contribution in [2.45, 2.75) is 72.3 Å². The molecule has 4 nitrogen and oxygen atoms in total. The van der Waals surface area contributed by atoms with Crippen LogP contribution in [0.2, 0.25) is 0 Å². The molecule has 1 unspecified atom stereocenters. The summed E-state index contributed by atoms with van der Waals surface area (Å²) in [5.74, 6) is 0.442. The number of carbonyl (C=O) groups excluding carboxylic acids is 1. The summed E-state index contributed by atoms with van der Waals surface area (Å²) in [5, 5.41) is 0. The zero-order valence-corrected chi connectivity index (χ0v) is 12.5. The first-order chi connectivity index (χ1) is 8.45. The molecule has 0 aliphatic rings. The average molecular weight is 260 g/mol. The number of unbranched alkanes of at least 4 members (excludes halogenated alkanes) is 1. The van der Waals surface area contributed by atoms with Crippen LogP contribution in [0, 0.1) is 5.92 Å². The minimum Gasteiger partial charge on any atom is -0.426 e. The van der Waals surface area contributed by atoms with Gasteiger partial charge in [0.1, 0.15) is 5.60 Å². The van der Waals surface area contributed by atoms with Gasteiger partial charge in [0.15, 0.2) is 0 Å². The van der Waals surface area contributed by atoms with Gasteiger partial charge < -0.3 is 4.74 Å². The van der Waals surface area contributed by atoms with Gasteiger partial charge in [0.05, 0.1) is 6.61 Å². The van der Waals surface area contributed by atoms with E-state index in [9.17, 15) is 4.79 Å². The van der Waals surface area contributed by atoms with Gasteiger partial charge in [-0.25, -0.2) is 4.79 Å². The van der Waals surface area contributed by atoms with E-state index >= 15 is 0 Å². The van der Waals surface area contributed by atoms with Crippen LogP contribution in [0.4, 0.5) is 4.79 Å². The SMILES string of the molecule is CCCCC(CC)COOC(=O)OC(C)(C)CC. The van der Waals surface area contributed by atoms with E-state index in [1.807, 2.05) is 20.8 Å². The molecule has 0 aromatic carbocycles. The Morgan fingerprint density at radius 3 is 2.39 bits per heavy atom. The van der Waals surface area contributed by atoms with E-state index < -0.39 is 11.8 Å². The molecule has 18 heavy (non-hydrogen) atoms. The summed E-state index contributed by atoms with van der Waals surface area (Å²) in [5.41, 5.74) is -0.507. The Morgan fingerprint density at radius 2 is 1.89 bits per heavy atom. The van der Waals surface area contributed by atoms with Crippen molar-refractivity contribution in [2.75, 3.05) is 6.61 Å². The number of hydrogen-bond donors (Lipinski definition) is 0. The Hall–Kier alpha value is -0.770. The van der Waals surface area contributed by atoms with Gasteiger partial charge in [-0.1, -0.05) is 40.0 Å². The molecule has 0 aromatic heterocycles. The number of carbonyl (C=O) groups is 1. The molecule has 0 spiro atoms. The predicted molar refractivity (Wildman–Crippen MR) is 71.2 cm³/mol. The van der Waals surface area contributed by atoms with Gasteiger partial charge in [-0.3, -0.25) is 4.89 Å². The maximum absolute atomic E-state index is 11.3. The van der Waals surface area contributed by atoms with Crippen LogP contribution in [0.3, 0.4) is 0 Å². The van der Waals surface area contributed by atoms with Crippen LogP contribution in [0.15, 0.2) is 0 Å².